The zero-order valence-corrected chi connectivity index (χ0v) is 11.9. The molecule has 1 aromatic rings. The predicted octanol–water partition coefficient (Wildman–Crippen LogP) is -1.12. The van der Waals surface area contributed by atoms with Crippen LogP contribution in [0.25, 0.3) is 0 Å². The summed E-state index contributed by atoms with van der Waals surface area (Å²) in [6.45, 7) is 1.77. The van der Waals surface area contributed by atoms with Crippen LogP contribution in [-0.4, -0.2) is 47.9 Å². The molecule has 3 rings (SSSR count). The summed E-state index contributed by atoms with van der Waals surface area (Å²) in [5.74, 6) is -0.483. The van der Waals surface area contributed by atoms with Gasteiger partial charge in [-0.2, -0.15) is 0 Å². The number of carbonyl (C=O) groups is 2. The van der Waals surface area contributed by atoms with Crippen molar-refractivity contribution >= 4 is 11.8 Å². The van der Waals surface area contributed by atoms with Gasteiger partial charge in [-0.05, 0) is 18.7 Å². The summed E-state index contributed by atoms with van der Waals surface area (Å²) in [7, 11) is 1.93. The molecule has 3 heterocycles. The van der Waals surface area contributed by atoms with E-state index in [0.717, 1.165) is 5.56 Å². The first-order valence-corrected chi connectivity index (χ1v) is 7.05. The molecule has 21 heavy (non-hydrogen) atoms. The van der Waals surface area contributed by atoms with Crippen LogP contribution in [0.3, 0.4) is 0 Å². The highest BCUT2D eigenvalue weighted by atomic mass is 16.2. The molecule has 0 saturated carbocycles. The van der Waals surface area contributed by atoms with Gasteiger partial charge in [-0.1, -0.05) is 6.07 Å². The van der Waals surface area contributed by atoms with Crippen molar-refractivity contribution in [3.05, 3.63) is 30.1 Å². The highest BCUT2D eigenvalue weighted by Crippen LogP contribution is 2.24. The molecule has 112 valence electrons. The molecule has 7 heteroatoms. The number of fused-ring (bicyclic) bond motifs is 1. The van der Waals surface area contributed by atoms with E-state index in [1.165, 1.54) is 0 Å². The lowest BCUT2D eigenvalue weighted by molar-refractivity contribution is -0.129. The van der Waals surface area contributed by atoms with Gasteiger partial charge in [-0.3, -0.25) is 20.0 Å². The minimum absolute atomic E-state index is 0.0309. The molecule has 2 aliphatic heterocycles. The summed E-state index contributed by atoms with van der Waals surface area (Å²) in [6.07, 6.45) is 3.43. The van der Waals surface area contributed by atoms with E-state index in [2.05, 4.69) is 21.2 Å². The Balaban J connectivity index is 1.64. The van der Waals surface area contributed by atoms with E-state index < -0.39 is 0 Å². The Kier molecular flexibility index (Phi) is 3.85. The van der Waals surface area contributed by atoms with Crippen molar-refractivity contribution in [1.82, 2.24) is 26.1 Å². The average molecular weight is 289 g/mol. The second-order valence-electron chi connectivity index (χ2n) is 5.67. The zero-order valence-electron chi connectivity index (χ0n) is 11.9. The molecule has 0 aliphatic carbocycles. The molecule has 0 bridgehead atoms. The summed E-state index contributed by atoms with van der Waals surface area (Å²) in [5.41, 5.74) is 6.55. The first-order chi connectivity index (χ1) is 10.1. The molecule has 0 spiro atoms. The van der Waals surface area contributed by atoms with E-state index in [-0.39, 0.29) is 29.7 Å². The first kappa shape index (κ1) is 14.0. The first-order valence-electron chi connectivity index (χ1n) is 7.05. The maximum absolute atomic E-state index is 12.4. The maximum atomic E-state index is 12.4. The number of amides is 2. The molecule has 0 aromatic carbocycles. The lowest BCUT2D eigenvalue weighted by Gasteiger charge is -2.36. The molecule has 2 fully saturated rings. The average Bonchev–Trinajstić information content (AvgIpc) is 2.86. The smallest absolute Gasteiger partial charge is 0.240 e. The van der Waals surface area contributed by atoms with Crippen LogP contribution in [0.4, 0.5) is 0 Å². The van der Waals surface area contributed by atoms with Crippen LogP contribution < -0.4 is 16.2 Å². The van der Waals surface area contributed by atoms with Crippen LogP contribution in [0.5, 0.6) is 0 Å². The van der Waals surface area contributed by atoms with Gasteiger partial charge in [0, 0.05) is 32.0 Å². The number of rotatable bonds is 3. The standard InChI is InChI=1S/C14H19N5O2/c1-19-7-10(12-11(8-19)14(21)18-17-12)13(20)16-6-9-3-2-4-15-5-9/h2-5,10-12,17H,6-8H2,1H3,(H,16,20)(H,18,21). The number of aromatic nitrogens is 1. The molecule has 0 radical (unpaired) electrons. The van der Waals surface area contributed by atoms with Crippen molar-refractivity contribution in [1.29, 1.82) is 0 Å². The van der Waals surface area contributed by atoms with E-state index in [1.807, 2.05) is 24.1 Å². The Morgan fingerprint density at radius 3 is 3.14 bits per heavy atom. The number of nitrogens with one attached hydrogen (secondary N) is 3. The van der Waals surface area contributed by atoms with E-state index in [4.69, 9.17) is 0 Å². The van der Waals surface area contributed by atoms with E-state index >= 15 is 0 Å². The molecular formula is C14H19N5O2. The Morgan fingerprint density at radius 1 is 1.52 bits per heavy atom. The SMILES string of the molecule is CN1CC(C(=O)NCc2cccnc2)C2NNC(=O)C2C1. The number of hydrazine groups is 1. The second kappa shape index (κ2) is 5.79. The molecule has 1 aromatic heterocycles. The fourth-order valence-electron chi connectivity index (χ4n) is 3.02. The quantitative estimate of drug-likeness (QED) is 0.656. The zero-order chi connectivity index (χ0) is 14.8. The van der Waals surface area contributed by atoms with Crippen LogP contribution in [-0.2, 0) is 16.1 Å². The number of nitrogens with zero attached hydrogens (tertiary/aromatic N) is 2. The van der Waals surface area contributed by atoms with Crippen molar-refractivity contribution in [2.75, 3.05) is 20.1 Å². The fraction of sp³-hybridized carbons (Fsp3) is 0.500. The minimum Gasteiger partial charge on any atom is -0.352 e. The monoisotopic (exact) mass is 289 g/mol. The lowest BCUT2D eigenvalue weighted by atomic mass is 9.84. The molecule has 3 N–H and O–H groups in total. The minimum atomic E-state index is -0.246. The Hall–Kier alpha value is -1.99. The van der Waals surface area contributed by atoms with Crippen LogP contribution in [0.1, 0.15) is 5.56 Å². The number of piperidine rings is 1. The Labute approximate surface area is 123 Å². The van der Waals surface area contributed by atoms with Crippen molar-refractivity contribution in [3.63, 3.8) is 0 Å². The maximum Gasteiger partial charge on any atom is 0.240 e. The largest absolute Gasteiger partial charge is 0.352 e. The van der Waals surface area contributed by atoms with Gasteiger partial charge in [-0.15, -0.1) is 0 Å². The van der Waals surface area contributed by atoms with E-state index in [9.17, 15) is 9.59 Å². The molecule has 2 amide bonds. The normalized spacial score (nSPS) is 28.8. The van der Waals surface area contributed by atoms with Gasteiger partial charge in [0.1, 0.15) is 0 Å². The molecule has 3 unspecified atom stereocenters. The van der Waals surface area contributed by atoms with Gasteiger partial charge < -0.3 is 10.2 Å². The number of pyridine rings is 1. The predicted molar refractivity (Wildman–Crippen MR) is 75.6 cm³/mol. The van der Waals surface area contributed by atoms with Gasteiger partial charge in [0.05, 0.1) is 17.9 Å². The van der Waals surface area contributed by atoms with E-state index in [0.29, 0.717) is 19.6 Å². The third-order valence-corrected chi connectivity index (χ3v) is 4.11. The Morgan fingerprint density at radius 2 is 2.38 bits per heavy atom. The number of carbonyl (C=O) groups excluding carboxylic acids is 2. The van der Waals surface area contributed by atoms with Gasteiger partial charge in [0.15, 0.2) is 0 Å². The summed E-state index contributed by atoms with van der Waals surface area (Å²) >= 11 is 0. The van der Waals surface area contributed by atoms with Crippen LogP contribution in [0.15, 0.2) is 24.5 Å². The third kappa shape index (κ3) is 2.88. The third-order valence-electron chi connectivity index (χ3n) is 4.11. The molecular weight excluding hydrogens is 270 g/mol. The highest BCUT2D eigenvalue weighted by molar-refractivity contribution is 5.85. The number of likely N-dealkylation sites (tertiary alicyclic amines) is 1. The van der Waals surface area contributed by atoms with Crippen LogP contribution in [0.2, 0.25) is 0 Å². The fourth-order valence-corrected chi connectivity index (χ4v) is 3.02. The van der Waals surface area contributed by atoms with Crippen LogP contribution in [0, 0.1) is 11.8 Å². The van der Waals surface area contributed by atoms with Crippen molar-refractivity contribution in [3.8, 4) is 0 Å². The second-order valence-corrected chi connectivity index (χ2v) is 5.67. The highest BCUT2D eigenvalue weighted by Gasteiger charge is 2.46. The van der Waals surface area contributed by atoms with Gasteiger partial charge in [0.2, 0.25) is 11.8 Å². The lowest BCUT2D eigenvalue weighted by Crippen LogP contribution is -2.55. The molecule has 3 atom stereocenters. The van der Waals surface area contributed by atoms with Gasteiger partial charge >= 0.3 is 0 Å². The van der Waals surface area contributed by atoms with Crippen LogP contribution >= 0.6 is 0 Å². The molecule has 2 aliphatic rings. The Bertz CT molecular complexity index is 535. The number of hydrogen-bond donors (Lipinski definition) is 3. The van der Waals surface area contributed by atoms with Crippen molar-refractivity contribution in [2.45, 2.75) is 12.6 Å². The summed E-state index contributed by atoms with van der Waals surface area (Å²) in [5, 5.41) is 2.93. The molecule has 7 nitrogen and oxygen atoms in total. The van der Waals surface area contributed by atoms with Crippen molar-refractivity contribution < 1.29 is 9.59 Å². The summed E-state index contributed by atoms with van der Waals surface area (Å²) in [4.78, 5) is 30.2. The molecule has 2 saturated heterocycles. The van der Waals surface area contributed by atoms with E-state index in [1.54, 1.807) is 12.4 Å². The topological polar surface area (TPSA) is 86.4 Å². The van der Waals surface area contributed by atoms with Gasteiger partial charge in [0.25, 0.3) is 0 Å². The number of hydrogen-bond acceptors (Lipinski definition) is 5. The van der Waals surface area contributed by atoms with Crippen molar-refractivity contribution in [2.24, 2.45) is 11.8 Å². The summed E-state index contributed by atoms with van der Waals surface area (Å²) in [6, 6.07) is 3.62. The van der Waals surface area contributed by atoms with Gasteiger partial charge in [-0.25, -0.2) is 5.43 Å². The summed E-state index contributed by atoms with van der Waals surface area (Å²) < 4.78 is 0.